The van der Waals surface area contributed by atoms with Crippen LogP contribution >= 0.6 is 11.3 Å². The Morgan fingerprint density at radius 1 is 1.23 bits per heavy atom. The summed E-state index contributed by atoms with van der Waals surface area (Å²) in [5.74, 6) is -0.390. The van der Waals surface area contributed by atoms with E-state index in [1.54, 1.807) is 17.1 Å². The number of aromatic nitrogens is 3. The Morgan fingerprint density at radius 3 is 2.77 bits per heavy atom. The van der Waals surface area contributed by atoms with Crippen molar-refractivity contribution in [1.82, 2.24) is 25.4 Å². The number of fused-ring (bicyclic) bond motifs is 1. The van der Waals surface area contributed by atoms with Crippen molar-refractivity contribution in [3.05, 3.63) is 68.9 Å². The molecule has 0 spiro atoms. The molecule has 0 saturated carbocycles. The summed E-state index contributed by atoms with van der Waals surface area (Å²) >= 11 is 1.44. The van der Waals surface area contributed by atoms with E-state index >= 15 is 0 Å². The Balaban J connectivity index is 1.40. The van der Waals surface area contributed by atoms with Crippen molar-refractivity contribution in [1.29, 1.82) is 0 Å². The largest absolute Gasteiger partial charge is 0.370 e. The number of aryl methyl sites for hydroxylation is 2. The van der Waals surface area contributed by atoms with Gasteiger partial charge in [-0.3, -0.25) is 14.3 Å². The summed E-state index contributed by atoms with van der Waals surface area (Å²) in [5, 5.41) is 12.9. The Bertz CT molecular complexity index is 1060. The van der Waals surface area contributed by atoms with Gasteiger partial charge in [-0.25, -0.2) is 4.98 Å². The summed E-state index contributed by atoms with van der Waals surface area (Å²) in [5.41, 5.74) is 3.62. The Morgan fingerprint density at radius 2 is 2.03 bits per heavy atom. The zero-order valence-corrected chi connectivity index (χ0v) is 17.7. The van der Waals surface area contributed by atoms with Crippen molar-refractivity contribution in [3.63, 3.8) is 0 Å². The van der Waals surface area contributed by atoms with Crippen molar-refractivity contribution >= 4 is 23.2 Å². The number of hydrogen-bond donors (Lipinski definition) is 2. The van der Waals surface area contributed by atoms with Crippen LogP contribution in [0.2, 0.25) is 0 Å². The van der Waals surface area contributed by atoms with Gasteiger partial charge in [-0.2, -0.15) is 5.10 Å². The topological polar surface area (TPSA) is 98.1 Å². The van der Waals surface area contributed by atoms with Gasteiger partial charge < -0.3 is 15.4 Å². The molecule has 156 valence electrons. The van der Waals surface area contributed by atoms with Crippen LogP contribution in [0.3, 0.4) is 0 Å². The zero-order valence-electron chi connectivity index (χ0n) is 16.8. The highest BCUT2D eigenvalue weighted by molar-refractivity contribution is 7.09. The predicted octanol–water partition coefficient (Wildman–Crippen LogP) is 1.99. The van der Waals surface area contributed by atoms with Gasteiger partial charge in [0.1, 0.15) is 11.4 Å². The van der Waals surface area contributed by atoms with Crippen molar-refractivity contribution < 1.29 is 14.3 Å². The third-order valence-corrected chi connectivity index (χ3v) is 5.74. The number of nitrogens with one attached hydrogen (secondary N) is 2. The molecule has 0 radical (unpaired) electrons. The molecule has 2 N–H and O–H groups in total. The lowest BCUT2D eigenvalue weighted by molar-refractivity contribution is 0.0265. The minimum absolute atomic E-state index is 0.169. The number of thiazole rings is 1. The van der Waals surface area contributed by atoms with E-state index in [1.165, 1.54) is 11.3 Å². The van der Waals surface area contributed by atoms with E-state index in [9.17, 15) is 9.59 Å². The first-order chi connectivity index (χ1) is 14.5. The van der Waals surface area contributed by atoms with E-state index in [-0.39, 0.29) is 17.9 Å². The minimum Gasteiger partial charge on any atom is -0.370 e. The fourth-order valence-electron chi connectivity index (χ4n) is 3.48. The normalized spacial score (nSPS) is 15.5. The predicted molar refractivity (Wildman–Crippen MR) is 112 cm³/mol. The van der Waals surface area contributed by atoms with Crippen LogP contribution in [0.1, 0.15) is 42.8 Å². The van der Waals surface area contributed by atoms with Crippen LogP contribution in [0.5, 0.6) is 0 Å². The van der Waals surface area contributed by atoms with Crippen LogP contribution in [-0.4, -0.2) is 39.2 Å². The first-order valence-corrected chi connectivity index (χ1v) is 10.6. The SMILES string of the molecule is Cc1nc(C(=O)NCC2Cc3c(nn(C)c3C(=O)NCc3ccccc3)CO2)cs1. The van der Waals surface area contributed by atoms with Gasteiger partial charge in [-0.1, -0.05) is 30.3 Å². The molecule has 4 rings (SSSR count). The molecule has 1 unspecified atom stereocenters. The summed E-state index contributed by atoms with van der Waals surface area (Å²) in [6.45, 7) is 2.96. The van der Waals surface area contributed by atoms with E-state index < -0.39 is 0 Å². The van der Waals surface area contributed by atoms with Gasteiger partial charge >= 0.3 is 0 Å². The maximum Gasteiger partial charge on any atom is 0.270 e. The van der Waals surface area contributed by atoms with Crippen molar-refractivity contribution in [2.75, 3.05) is 6.54 Å². The molecule has 1 aromatic carbocycles. The van der Waals surface area contributed by atoms with Crippen molar-refractivity contribution in [3.8, 4) is 0 Å². The maximum atomic E-state index is 12.8. The summed E-state index contributed by atoms with van der Waals surface area (Å²) in [6, 6.07) is 9.76. The average Bonchev–Trinajstić information content (AvgIpc) is 3.33. The standard InChI is InChI=1S/C21H23N5O3S/c1-13-24-18(12-30-13)20(27)23-10-15-8-16-17(11-29-15)25-26(2)19(16)21(28)22-9-14-6-4-3-5-7-14/h3-7,12,15H,8-11H2,1-2H3,(H,22,28)(H,23,27). The molecule has 0 saturated heterocycles. The molecule has 0 bridgehead atoms. The van der Waals surface area contributed by atoms with Crippen LogP contribution in [0.15, 0.2) is 35.7 Å². The molecule has 1 aliphatic heterocycles. The summed E-state index contributed by atoms with van der Waals surface area (Å²) in [4.78, 5) is 29.3. The van der Waals surface area contributed by atoms with Gasteiger partial charge in [0.05, 0.1) is 23.4 Å². The monoisotopic (exact) mass is 425 g/mol. The number of ether oxygens (including phenoxy) is 1. The first-order valence-electron chi connectivity index (χ1n) is 9.70. The van der Waals surface area contributed by atoms with Crippen LogP contribution in [0.4, 0.5) is 0 Å². The second-order valence-corrected chi connectivity index (χ2v) is 8.23. The molecule has 0 aliphatic carbocycles. The number of rotatable bonds is 6. The number of nitrogens with zero attached hydrogens (tertiary/aromatic N) is 3. The summed E-state index contributed by atoms with van der Waals surface area (Å²) in [6.07, 6.45) is 0.277. The Labute approximate surface area is 178 Å². The lowest BCUT2D eigenvalue weighted by Crippen LogP contribution is -2.37. The maximum absolute atomic E-state index is 12.8. The first kappa shape index (κ1) is 20.2. The molecule has 8 nitrogen and oxygen atoms in total. The molecule has 3 aromatic rings. The highest BCUT2D eigenvalue weighted by atomic mass is 32.1. The second kappa shape index (κ2) is 8.76. The number of amides is 2. The fraction of sp³-hybridized carbons (Fsp3) is 0.333. The van der Waals surface area contributed by atoms with Crippen LogP contribution in [0.25, 0.3) is 0 Å². The van der Waals surface area contributed by atoms with E-state index in [0.717, 1.165) is 21.8 Å². The zero-order chi connectivity index (χ0) is 21.1. The number of carbonyl (C=O) groups is 2. The molecule has 0 fully saturated rings. The van der Waals surface area contributed by atoms with Crippen LogP contribution in [0, 0.1) is 6.92 Å². The smallest absolute Gasteiger partial charge is 0.270 e. The lowest BCUT2D eigenvalue weighted by atomic mass is 10.0. The van der Waals surface area contributed by atoms with Gasteiger partial charge in [0, 0.05) is 37.5 Å². The second-order valence-electron chi connectivity index (χ2n) is 7.16. The minimum atomic E-state index is -0.231. The van der Waals surface area contributed by atoms with Gasteiger partial charge in [0.2, 0.25) is 0 Å². The molecule has 30 heavy (non-hydrogen) atoms. The Kier molecular flexibility index (Phi) is 5.91. The van der Waals surface area contributed by atoms with Gasteiger partial charge in [-0.05, 0) is 12.5 Å². The van der Waals surface area contributed by atoms with Crippen LogP contribution < -0.4 is 10.6 Å². The Hall–Kier alpha value is -3.04. The van der Waals surface area contributed by atoms with E-state index in [1.807, 2.05) is 37.3 Å². The molecular weight excluding hydrogens is 402 g/mol. The van der Waals surface area contributed by atoms with Crippen LogP contribution in [-0.2, 0) is 31.4 Å². The molecule has 9 heteroatoms. The van der Waals surface area contributed by atoms with Gasteiger partial charge in [-0.15, -0.1) is 11.3 Å². The average molecular weight is 426 g/mol. The molecular formula is C21H23N5O3S. The van der Waals surface area contributed by atoms with E-state index in [4.69, 9.17) is 4.74 Å². The molecule has 3 heterocycles. The van der Waals surface area contributed by atoms with Gasteiger partial charge in [0.25, 0.3) is 11.8 Å². The highest BCUT2D eigenvalue weighted by Crippen LogP contribution is 2.23. The quantitative estimate of drug-likeness (QED) is 0.629. The molecule has 2 amide bonds. The lowest BCUT2D eigenvalue weighted by Gasteiger charge is -2.23. The van der Waals surface area contributed by atoms with Gasteiger partial charge in [0.15, 0.2) is 0 Å². The van der Waals surface area contributed by atoms with E-state index in [0.29, 0.717) is 37.5 Å². The molecule has 1 aliphatic rings. The number of benzene rings is 1. The third kappa shape index (κ3) is 4.42. The third-order valence-electron chi connectivity index (χ3n) is 4.97. The number of hydrogen-bond acceptors (Lipinski definition) is 6. The molecule has 1 atom stereocenters. The summed E-state index contributed by atoms with van der Waals surface area (Å²) < 4.78 is 7.44. The highest BCUT2D eigenvalue weighted by Gasteiger charge is 2.29. The van der Waals surface area contributed by atoms with Crippen molar-refractivity contribution in [2.24, 2.45) is 7.05 Å². The summed E-state index contributed by atoms with van der Waals surface area (Å²) in [7, 11) is 1.76. The molecule has 2 aromatic heterocycles. The van der Waals surface area contributed by atoms with E-state index in [2.05, 4.69) is 20.7 Å². The van der Waals surface area contributed by atoms with Crippen molar-refractivity contribution in [2.45, 2.75) is 32.6 Å². The number of carbonyl (C=O) groups excluding carboxylic acids is 2. The fourth-order valence-corrected chi connectivity index (χ4v) is 4.07.